The van der Waals surface area contributed by atoms with E-state index in [1.54, 1.807) is 42.5 Å². The highest BCUT2D eigenvalue weighted by atomic mass is 32.2. The fourth-order valence-electron chi connectivity index (χ4n) is 3.15. The van der Waals surface area contributed by atoms with Gasteiger partial charge < -0.3 is 14.6 Å². The van der Waals surface area contributed by atoms with Gasteiger partial charge in [-0.05, 0) is 67.2 Å². The third-order valence-electron chi connectivity index (χ3n) is 4.86. The lowest BCUT2D eigenvalue weighted by Crippen LogP contribution is -2.28. The number of hydrogen-bond acceptors (Lipinski definition) is 6. The van der Waals surface area contributed by atoms with Gasteiger partial charge in [0.2, 0.25) is 0 Å². The van der Waals surface area contributed by atoms with Crippen molar-refractivity contribution in [3.8, 4) is 11.3 Å². The van der Waals surface area contributed by atoms with Crippen LogP contribution in [0.25, 0.3) is 17.4 Å². The Hall–Kier alpha value is -4.11. The lowest BCUT2D eigenvalue weighted by molar-refractivity contribution is -0.122. The Morgan fingerprint density at radius 2 is 1.58 bits per heavy atom. The molecule has 0 radical (unpaired) electrons. The Morgan fingerprint density at radius 1 is 0.970 bits per heavy atom. The molecule has 1 aliphatic rings. The van der Waals surface area contributed by atoms with Gasteiger partial charge in [-0.3, -0.25) is 9.69 Å². The number of carboxylic acid groups (broad SMARTS) is 2. The molecule has 2 N–H and O–H groups in total. The van der Waals surface area contributed by atoms with Gasteiger partial charge in [-0.25, -0.2) is 14.6 Å². The van der Waals surface area contributed by atoms with E-state index in [0.29, 0.717) is 33.8 Å². The van der Waals surface area contributed by atoms with Crippen molar-refractivity contribution in [2.45, 2.75) is 6.92 Å². The van der Waals surface area contributed by atoms with Gasteiger partial charge in [-0.2, -0.15) is 0 Å². The second-order valence-corrected chi connectivity index (χ2v) is 8.00. The smallest absolute Gasteiger partial charge is 0.335 e. The third-order valence-corrected chi connectivity index (χ3v) is 5.87. The number of nitrogens with zero attached hydrogens (tertiary/aromatic N) is 2. The third kappa shape index (κ3) is 4.73. The summed E-state index contributed by atoms with van der Waals surface area (Å²) >= 11 is 1.21. The molecule has 0 saturated carbocycles. The second-order valence-electron chi connectivity index (χ2n) is 6.99. The number of carbonyl (C=O) groups is 3. The summed E-state index contributed by atoms with van der Waals surface area (Å²) in [6.07, 6.45) is 1.64. The first-order chi connectivity index (χ1) is 15.9. The predicted molar refractivity (Wildman–Crippen MR) is 125 cm³/mol. The van der Waals surface area contributed by atoms with Crippen LogP contribution in [0.1, 0.15) is 33.4 Å². The van der Waals surface area contributed by atoms with Crippen LogP contribution in [-0.4, -0.2) is 44.7 Å². The summed E-state index contributed by atoms with van der Waals surface area (Å²) in [5.41, 5.74) is 1.61. The van der Waals surface area contributed by atoms with Crippen molar-refractivity contribution in [3.05, 3.63) is 82.5 Å². The maximum Gasteiger partial charge on any atom is 0.335 e. The van der Waals surface area contributed by atoms with Gasteiger partial charge in [-0.15, -0.1) is 0 Å². The fourth-order valence-corrected chi connectivity index (χ4v) is 4.19. The molecule has 0 unspecified atom stereocenters. The van der Waals surface area contributed by atoms with Crippen LogP contribution in [0, 0.1) is 0 Å². The summed E-state index contributed by atoms with van der Waals surface area (Å²) in [4.78, 5) is 41.4. The second kappa shape index (κ2) is 9.17. The van der Waals surface area contributed by atoms with Gasteiger partial charge in [-0.1, -0.05) is 12.1 Å². The molecule has 1 saturated heterocycles. The number of furan rings is 1. The van der Waals surface area contributed by atoms with Gasteiger partial charge in [0.25, 0.3) is 5.91 Å². The number of aliphatic imine (C=N–C) groups is 1. The van der Waals surface area contributed by atoms with Gasteiger partial charge in [0, 0.05) is 18.2 Å². The van der Waals surface area contributed by atoms with Crippen molar-refractivity contribution < 1.29 is 29.0 Å². The van der Waals surface area contributed by atoms with E-state index < -0.39 is 11.9 Å². The Labute approximate surface area is 192 Å². The summed E-state index contributed by atoms with van der Waals surface area (Å²) in [5, 5.41) is 18.5. The lowest BCUT2D eigenvalue weighted by Gasteiger charge is -2.11. The molecule has 33 heavy (non-hydrogen) atoms. The lowest BCUT2D eigenvalue weighted by atomic mass is 10.1. The molecule has 4 rings (SSSR count). The molecule has 2 aromatic carbocycles. The van der Waals surface area contributed by atoms with E-state index in [9.17, 15) is 14.4 Å². The summed E-state index contributed by atoms with van der Waals surface area (Å²) in [6, 6.07) is 15.9. The van der Waals surface area contributed by atoms with E-state index in [-0.39, 0.29) is 17.0 Å². The van der Waals surface area contributed by atoms with E-state index in [1.165, 1.54) is 40.9 Å². The van der Waals surface area contributed by atoms with Crippen LogP contribution in [0.4, 0.5) is 5.69 Å². The van der Waals surface area contributed by atoms with Crippen molar-refractivity contribution in [2.75, 3.05) is 6.54 Å². The molecule has 8 nitrogen and oxygen atoms in total. The Kier molecular flexibility index (Phi) is 6.14. The van der Waals surface area contributed by atoms with Gasteiger partial charge in [0.15, 0.2) is 5.17 Å². The number of hydrogen-bond donors (Lipinski definition) is 2. The van der Waals surface area contributed by atoms with Crippen molar-refractivity contribution >= 4 is 46.5 Å². The van der Waals surface area contributed by atoms with Crippen LogP contribution < -0.4 is 0 Å². The number of thioether (sulfide) groups is 1. The topological polar surface area (TPSA) is 120 Å². The molecule has 166 valence electrons. The summed E-state index contributed by atoms with van der Waals surface area (Å²) in [6.45, 7) is 2.27. The number of benzene rings is 2. The average Bonchev–Trinajstić information content (AvgIpc) is 3.39. The first-order valence-electron chi connectivity index (χ1n) is 9.92. The highest BCUT2D eigenvalue weighted by molar-refractivity contribution is 8.18. The zero-order valence-electron chi connectivity index (χ0n) is 17.4. The molecule has 1 amide bonds. The number of amidine groups is 1. The largest absolute Gasteiger partial charge is 0.478 e. The zero-order chi connectivity index (χ0) is 23.5. The van der Waals surface area contributed by atoms with E-state index in [1.807, 2.05) is 6.92 Å². The van der Waals surface area contributed by atoms with Crippen molar-refractivity contribution in [1.82, 2.24) is 4.90 Å². The maximum absolute atomic E-state index is 12.8. The highest BCUT2D eigenvalue weighted by Crippen LogP contribution is 2.35. The van der Waals surface area contributed by atoms with Crippen LogP contribution in [-0.2, 0) is 4.79 Å². The number of aromatic carboxylic acids is 2. The Balaban J connectivity index is 1.57. The Morgan fingerprint density at radius 3 is 2.15 bits per heavy atom. The van der Waals surface area contributed by atoms with Crippen LogP contribution >= 0.6 is 11.8 Å². The van der Waals surface area contributed by atoms with Crippen LogP contribution in [0.15, 0.2) is 75.0 Å². The van der Waals surface area contributed by atoms with Gasteiger partial charge >= 0.3 is 11.9 Å². The van der Waals surface area contributed by atoms with Crippen LogP contribution in [0.2, 0.25) is 0 Å². The van der Waals surface area contributed by atoms with E-state index in [2.05, 4.69) is 4.99 Å². The minimum absolute atomic E-state index is 0.160. The molecular formula is C24H18N2O6S. The number of carboxylic acids is 2. The number of likely N-dealkylation sites (N-methyl/N-ethyl adjacent to an activating group) is 1. The van der Waals surface area contributed by atoms with E-state index in [0.717, 1.165) is 5.56 Å². The number of rotatable bonds is 6. The summed E-state index contributed by atoms with van der Waals surface area (Å²) in [7, 11) is 0. The molecule has 2 heterocycles. The molecule has 0 bridgehead atoms. The molecule has 1 aromatic heterocycles. The van der Waals surface area contributed by atoms with Gasteiger partial charge in [0.05, 0.1) is 21.7 Å². The minimum Gasteiger partial charge on any atom is -0.478 e. The van der Waals surface area contributed by atoms with Crippen molar-refractivity contribution in [3.63, 3.8) is 0 Å². The standard InChI is InChI=1S/C24H18N2O6S/c1-2-26-21(27)20(33-24(26)25-17-9-7-16(8-10-17)23(30)31)13-18-11-12-19(32-18)14-3-5-15(6-4-14)22(28)29/h3-13H,2H2,1H3,(H,28,29)(H,30,31)/b20-13+,25-24?. The highest BCUT2D eigenvalue weighted by Gasteiger charge is 2.32. The maximum atomic E-state index is 12.8. The normalized spacial score (nSPS) is 16.0. The SMILES string of the molecule is CCN1C(=O)/C(=C\c2ccc(-c3ccc(C(=O)O)cc3)o2)SC1=Nc1ccc(C(=O)O)cc1. The van der Waals surface area contributed by atoms with E-state index in [4.69, 9.17) is 14.6 Å². The molecule has 9 heteroatoms. The molecule has 0 spiro atoms. The average molecular weight is 462 g/mol. The number of carbonyl (C=O) groups excluding carboxylic acids is 1. The molecular weight excluding hydrogens is 444 g/mol. The first-order valence-corrected chi connectivity index (χ1v) is 10.7. The molecule has 0 atom stereocenters. The summed E-state index contributed by atoms with van der Waals surface area (Å²) in [5.74, 6) is -1.19. The summed E-state index contributed by atoms with van der Waals surface area (Å²) < 4.78 is 5.83. The van der Waals surface area contributed by atoms with Gasteiger partial charge in [0.1, 0.15) is 11.5 Å². The quantitative estimate of drug-likeness (QED) is 0.496. The monoisotopic (exact) mass is 462 g/mol. The van der Waals surface area contributed by atoms with Crippen LogP contribution in [0.3, 0.4) is 0 Å². The molecule has 3 aromatic rings. The number of amides is 1. The molecule has 1 fully saturated rings. The van der Waals surface area contributed by atoms with E-state index >= 15 is 0 Å². The zero-order valence-corrected chi connectivity index (χ0v) is 18.2. The van der Waals surface area contributed by atoms with Crippen LogP contribution in [0.5, 0.6) is 0 Å². The van der Waals surface area contributed by atoms with Crippen molar-refractivity contribution in [1.29, 1.82) is 0 Å². The molecule has 1 aliphatic heterocycles. The fraction of sp³-hybridized carbons (Fsp3) is 0.0833. The predicted octanol–water partition coefficient (Wildman–Crippen LogP) is 4.97. The Bertz CT molecular complexity index is 1290. The van der Waals surface area contributed by atoms with Crippen molar-refractivity contribution in [2.24, 2.45) is 4.99 Å². The first kappa shape index (κ1) is 22.1. The molecule has 0 aliphatic carbocycles. The minimum atomic E-state index is -1.02.